The topological polar surface area (TPSA) is 69.9 Å². The van der Waals surface area contributed by atoms with E-state index in [4.69, 9.17) is 16.8 Å². The molecular weight excluding hydrogens is 148 g/mol. The molecule has 4 atom stereocenters. The molecule has 2 radical (unpaired) electrons. The van der Waals surface area contributed by atoms with Gasteiger partial charge >= 0.3 is 0 Å². The Morgan fingerprint density at radius 3 is 2.27 bits per heavy atom. The van der Waals surface area contributed by atoms with Crippen LogP contribution in [0.1, 0.15) is 6.92 Å². The zero-order chi connectivity index (χ0) is 8.65. The van der Waals surface area contributed by atoms with Gasteiger partial charge in [0, 0.05) is 6.92 Å². The summed E-state index contributed by atoms with van der Waals surface area (Å²) in [5, 5.41) is 27.0. The van der Waals surface area contributed by atoms with Crippen molar-refractivity contribution < 1.29 is 20.1 Å². The summed E-state index contributed by atoms with van der Waals surface area (Å²) in [6.45, 7) is 6.55. The van der Waals surface area contributed by atoms with Crippen LogP contribution in [-0.2, 0) is 4.74 Å². The molecule has 0 spiro atoms. The van der Waals surface area contributed by atoms with Gasteiger partial charge in [0.15, 0.2) is 0 Å². The molecule has 1 saturated heterocycles. The van der Waals surface area contributed by atoms with Crippen LogP contribution < -0.4 is 0 Å². The lowest BCUT2D eigenvalue weighted by Gasteiger charge is -2.20. The van der Waals surface area contributed by atoms with E-state index in [2.05, 4.69) is 0 Å². The van der Waals surface area contributed by atoms with Gasteiger partial charge in [0.25, 0.3) is 0 Å². The van der Waals surface area contributed by atoms with Crippen molar-refractivity contribution in [2.75, 3.05) is 6.61 Å². The molecule has 0 aromatic carbocycles. The molecule has 1 rings (SSSR count). The number of ether oxygens (including phenoxy) is 1. The minimum Gasteiger partial charge on any atom is -0.394 e. The van der Waals surface area contributed by atoms with Crippen molar-refractivity contribution in [1.82, 2.24) is 0 Å². The Kier molecular flexibility index (Phi) is 2.20. The highest BCUT2D eigenvalue weighted by atomic mass is 16.6. The molecule has 0 aromatic heterocycles. The van der Waals surface area contributed by atoms with Crippen LogP contribution in [-0.4, -0.2) is 45.8 Å². The first-order chi connectivity index (χ1) is 4.99. The Bertz CT molecular complexity index is 145. The zero-order valence-corrected chi connectivity index (χ0v) is 6.27. The molecule has 1 heterocycles. The third kappa shape index (κ3) is 1.39. The third-order valence-electron chi connectivity index (χ3n) is 1.88. The van der Waals surface area contributed by atoms with Gasteiger partial charge in [-0.15, -0.1) is 0 Å². The fourth-order valence-electron chi connectivity index (χ4n) is 1.15. The predicted octanol–water partition coefficient (Wildman–Crippen LogP) is -1.43. The summed E-state index contributed by atoms with van der Waals surface area (Å²) < 4.78 is 4.95. The van der Waals surface area contributed by atoms with Crippen LogP contribution in [0.2, 0.25) is 0 Å². The summed E-state index contributed by atoms with van der Waals surface area (Å²) in [6, 6.07) is 0. The Labute approximate surface area is 65.4 Å². The van der Waals surface area contributed by atoms with Crippen molar-refractivity contribution in [1.29, 1.82) is 0 Å². The van der Waals surface area contributed by atoms with E-state index in [0.717, 1.165) is 0 Å². The number of hydrogen-bond donors (Lipinski definition) is 3. The predicted molar refractivity (Wildman–Crippen MR) is 36.7 cm³/mol. The van der Waals surface area contributed by atoms with E-state index in [0.29, 0.717) is 0 Å². The molecule has 2 unspecified atom stereocenters. The molecule has 1 aliphatic rings. The Balaban J connectivity index is 2.69. The second kappa shape index (κ2) is 2.71. The molecule has 0 amide bonds. The molecule has 0 aromatic rings. The van der Waals surface area contributed by atoms with Gasteiger partial charge in [-0.2, -0.15) is 0 Å². The molecular formula is C7H12O4. The second-order valence-electron chi connectivity index (χ2n) is 2.96. The minimum atomic E-state index is -1.26. The van der Waals surface area contributed by atoms with Crippen LogP contribution in [0.3, 0.4) is 0 Å². The van der Waals surface area contributed by atoms with Crippen LogP contribution in [0.25, 0.3) is 0 Å². The first kappa shape index (κ1) is 8.93. The molecule has 3 N–H and O–H groups in total. The average molecular weight is 160 g/mol. The molecule has 0 saturated carbocycles. The monoisotopic (exact) mass is 160 g/mol. The van der Waals surface area contributed by atoms with Gasteiger partial charge in [-0.1, -0.05) is 0 Å². The molecule has 11 heavy (non-hydrogen) atoms. The van der Waals surface area contributed by atoms with Crippen LogP contribution in [0.15, 0.2) is 0 Å². The van der Waals surface area contributed by atoms with Crippen LogP contribution >= 0.6 is 0 Å². The molecule has 1 aliphatic heterocycles. The van der Waals surface area contributed by atoms with Gasteiger partial charge < -0.3 is 20.1 Å². The molecule has 4 nitrogen and oxygen atoms in total. The summed E-state index contributed by atoms with van der Waals surface area (Å²) in [6.07, 6.45) is -3.02. The van der Waals surface area contributed by atoms with E-state index >= 15 is 0 Å². The van der Waals surface area contributed by atoms with Gasteiger partial charge in [0.05, 0.1) is 12.2 Å². The molecule has 4 heteroatoms. The van der Waals surface area contributed by atoms with E-state index in [1.807, 2.05) is 0 Å². The van der Waals surface area contributed by atoms with Gasteiger partial charge in [-0.3, -0.25) is 0 Å². The second-order valence-corrected chi connectivity index (χ2v) is 2.96. The summed E-state index contributed by atoms with van der Waals surface area (Å²) in [7, 11) is 0. The zero-order valence-electron chi connectivity index (χ0n) is 6.27. The van der Waals surface area contributed by atoms with E-state index < -0.39 is 23.9 Å². The first-order valence-electron chi connectivity index (χ1n) is 3.42. The van der Waals surface area contributed by atoms with Gasteiger partial charge in [-0.05, 0) is 6.92 Å². The number of aliphatic hydroxyl groups excluding tert-OH is 3. The molecule has 0 bridgehead atoms. The summed E-state index contributed by atoms with van der Waals surface area (Å²) >= 11 is 0. The quantitative estimate of drug-likeness (QED) is 0.440. The lowest BCUT2D eigenvalue weighted by atomic mass is 9.99. The Morgan fingerprint density at radius 1 is 1.55 bits per heavy atom. The number of hydrogen-bond acceptors (Lipinski definition) is 4. The van der Waals surface area contributed by atoms with E-state index in [1.165, 1.54) is 6.92 Å². The fraction of sp³-hybridized carbons (Fsp3) is 0.857. The number of rotatable bonds is 1. The minimum absolute atomic E-state index is 0.342. The number of aliphatic hydroxyl groups is 3. The molecule has 0 aliphatic carbocycles. The maximum Gasteiger partial charge on any atom is 0.111 e. The fourth-order valence-corrected chi connectivity index (χ4v) is 1.15. The standard InChI is InChI=1S/C7H12O4/c1-7(2)6(10)5(9)4(3-8)11-7/h1,4-6,8-10H,3H2,2H3/t4-,5+,6?,7?/m1/s1. The Hall–Kier alpha value is -0.160. The van der Waals surface area contributed by atoms with Crippen molar-refractivity contribution in [3.8, 4) is 0 Å². The van der Waals surface area contributed by atoms with E-state index in [1.54, 1.807) is 0 Å². The smallest absolute Gasteiger partial charge is 0.111 e. The highest BCUT2D eigenvalue weighted by Crippen LogP contribution is 2.29. The normalized spacial score (nSPS) is 42.8. The maximum absolute atomic E-state index is 9.22. The molecule has 1 fully saturated rings. The van der Waals surface area contributed by atoms with E-state index in [9.17, 15) is 10.2 Å². The summed E-state index contributed by atoms with van der Waals surface area (Å²) in [5.41, 5.74) is -1.26. The van der Waals surface area contributed by atoms with Crippen LogP contribution in [0, 0.1) is 6.92 Å². The van der Waals surface area contributed by atoms with E-state index in [-0.39, 0.29) is 6.61 Å². The summed E-state index contributed by atoms with van der Waals surface area (Å²) in [4.78, 5) is 0. The maximum atomic E-state index is 9.22. The van der Waals surface area contributed by atoms with Crippen LogP contribution in [0.4, 0.5) is 0 Å². The highest BCUT2D eigenvalue weighted by Gasteiger charge is 2.47. The van der Waals surface area contributed by atoms with Gasteiger partial charge in [0.2, 0.25) is 0 Å². The Morgan fingerprint density at radius 2 is 2.09 bits per heavy atom. The van der Waals surface area contributed by atoms with Crippen molar-refractivity contribution in [2.45, 2.75) is 30.8 Å². The van der Waals surface area contributed by atoms with Crippen molar-refractivity contribution >= 4 is 0 Å². The summed E-state index contributed by atoms with van der Waals surface area (Å²) in [5.74, 6) is 0. The first-order valence-corrected chi connectivity index (χ1v) is 3.42. The van der Waals surface area contributed by atoms with Crippen molar-refractivity contribution in [3.63, 3.8) is 0 Å². The SMILES string of the molecule is [CH]C1(C)O[C@H](CO)[C@H](O)C1O. The van der Waals surface area contributed by atoms with Gasteiger partial charge in [0.1, 0.15) is 18.3 Å². The van der Waals surface area contributed by atoms with Crippen molar-refractivity contribution in [2.24, 2.45) is 0 Å². The van der Waals surface area contributed by atoms with Crippen LogP contribution in [0.5, 0.6) is 0 Å². The lowest BCUT2D eigenvalue weighted by Crippen LogP contribution is -2.38. The lowest BCUT2D eigenvalue weighted by molar-refractivity contribution is -0.0531. The average Bonchev–Trinajstić information content (AvgIpc) is 2.13. The van der Waals surface area contributed by atoms with Gasteiger partial charge in [-0.25, -0.2) is 0 Å². The third-order valence-corrected chi connectivity index (χ3v) is 1.88. The molecule has 64 valence electrons. The largest absolute Gasteiger partial charge is 0.394 e. The van der Waals surface area contributed by atoms with Crippen molar-refractivity contribution in [3.05, 3.63) is 6.92 Å². The highest BCUT2D eigenvalue weighted by molar-refractivity contribution is 5.00.